The number of rotatable bonds is 25. The molecule has 4 aromatic rings. The Morgan fingerprint density at radius 3 is 1.56 bits per heavy atom. The standard InChI is InChI=1S/C44H46N2O10S/c1-3-41(47)53-26-11-7-5-9-24-51-37-17-13-34(14-18-37)43(49)55-39-21-22-40(36(29-39)31-46-45-30-33-23-28-57-32-33)56-44(50)35-15-19-38(20-16-35)52-25-10-6-8-12-27-54-42(48)4-2/h3-4,13-23,28-32H,1-2,5-12,24-27H2/b45-30+,46-31+. The normalized spacial score (nSPS) is 10.9. The SMILES string of the molecule is C=CC(=O)OCCCCCCOc1ccc(C(=O)Oc2ccc(OC(=O)c3ccc(OCCCCCCOC(=O)C=C)cc3)c(/C=N/N=C/c3ccsc3)c2)cc1. The molecule has 0 atom stereocenters. The zero-order chi connectivity index (χ0) is 40.5. The molecule has 0 aliphatic carbocycles. The van der Waals surface area contributed by atoms with Crippen LogP contribution in [0.2, 0.25) is 0 Å². The Balaban J connectivity index is 1.29. The van der Waals surface area contributed by atoms with Crippen molar-refractivity contribution < 1.29 is 47.6 Å². The average Bonchev–Trinajstić information content (AvgIpc) is 3.76. The van der Waals surface area contributed by atoms with Crippen molar-refractivity contribution in [2.24, 2.45) is 10.2 Å². The van der Waals surface area contributed by atoms with E-state index in [1.807, 2.05) is 16.8 Å². The van der Waals surface area contributed by atoms with Gasteiger partial charge in [-0.25, -0.2) is 19.2 Å². The predicted octanol–water partition coefficient (Wildman–Crippen LogP) is 8.98. The second-order valence-electron chi connectivity index (χ2n) is 12.3. The van der Waals surface area contributed by atoms with Crippen LogP contribution in [0.1, 0.15) is 83.2 Å². The molecule has 0 amide bonds. The summed E-state index contributed by atoms with van der Waals surface area (Å²) in [4.78, 5) is 48.4. The maximum atomic E-state index is 13.2. The number of carbonyl (C=O) groups is 4. The minimum Gasteiger partial charge on any atom is -0.494 e. The van der Waals surface area contributed by atoms with Crippen molar-refractivity contribution in [2.45, 2.75) is 51.4 Å². The number of ether oxygens (including phenoxy) is 6. The van der Waals surface area contributed by atoms with Gasteiger partial charge in [0.15, 0.2) is 0 Å². The van der Waals surface area contributed by atoms with Gasteiger partial charge in [-0.1, -0.05) is 13.2 Å². The molecular weight excluding hydrogens is 749 g/mol. The molecule has 0 radical (unpaired) electrons. The van der Waals surface area contributed by atoms with Crippen molar-refractivity contribution in [2.75, 3.05) is 26.4 Å². The Kier molecular flexibility index (Phi) is 19.0. The van der Waals surface area contributed by atoms with Crippen LogP contribution in [0.15, 0.2) is 119 Å². The van der Waals surface area contributed by atoms with E-state index >= 15 is 0 Å². The first-order valence-corrected chi connectivity index (χ1v) is 19.5. The van der Waals surface area contributed by atoms with E-state index in [2.05, 4.69) is 23.4 Å². The quantitative estimate of drug-likeness (QED) is 0.0159. The van der Waals surface area contributed by atoms with Gasteiger partial charge in [0, 0.05) is 23.3 Å². The zero-order valence-corrected chi connectivity index (χ0v) is 32.5. The summed E-state index contributed by atoms with van der Waals surface area (Å²) in [5.74, 6) is -0.390. The molecule has 298 valence electrons. The summed E-state index contributed by atoms with van der Waals surface area (Å²) < 4.78 is 32.9. The molecule has 0 aliphatic heterocycles. The molecule has 0 unspecified atom stereocenters. The number of esters is 4. The van der Waals surface area contributed by atoms with Crippen molar-refractivity contribution in [3.05, 3.63) is 131 Å². The lowest BCUT2D eigenvalue weighted by atomic mass is 10.2. The maximum Gasteiger partial charge on any atom is 0.343 e. The van der Waals surface area contributed by atoms with Gasteiger partial charge in [0.1, 0.15) is 23.0 Å². The van der Waals surface area contributed by atoms with E-state index in [1.165, 1.54) is 35.8 Å². The Labute approximate surface area is 336 Å². The summed E-state index contributed by atoms with van der Waals surface area (Å²) in [5, 5.41) is 12.1. The lowest BCUT2D eigenvalue weighted by Gasteiger charge is -2.11. The molecule has 1 heterocycles. The van der Waals surface area contributed by atoms with Gasteiger partial charge in [-0.05, 0) is 135 Å². The van der Waals surface area contributed by atoms with Gasteiger partial charge in [-0.3, -0.25) is 0 Å². The fraction of sp³-hybridized carbons (Fsp3) is 0.273. The van der Waals surface area contributed by atoms with E-state index in [1.54, 1.807) is 54.7 Å². The number of unbranched alkanes of at least 4 members (excludes halogenated alkanes) is 6. The molecule has 12 nitrogen and oxygen atoms in total. The first kappa shape index (κ1) is 43.4. The number of benzene rings is 3. The molecule has 3 aromatic carbocycles. The van der Waals surface area contributed by atoms with Gasteiger partial charge in [0.05, 0.1) is 50.0 Å². The summed E-state index contributed by atoms with van der Waals surface area (Å²) in [6.07, 6.45) is 12.2. The van der Waals surface area contributed by atoms with E-state index in [4.69, 9.17) is 28.4 Å². The summed E-state index contributed by atoms with van der Waals surface area (Å²) in [6.45, 7) is 8.50. The summed E-state index contributed by atoms with van der Waals surface area (Å²) in [5.41, 5.74) is 1.87. The molecule has 57 heavy (non-hydrogen) atoms. The molecular formula is C44H46N2O10S. The highest BCUT2D eigenvalue weighted by atomic mass is 32.1. The van der Waals surface area contributed by atoms with Crippen molar-refractivity contribution in [1.29, 1.82) is 0 Å². The van der Waals surface area contributed by atoms with Gasteiger partial charge >= 0.3 is 23.9 Å². The highest BCUT2D eigenvalue weighted by molar-refractivity contribution is 7.08. The molecule has 0 saturated heterocycles. The van der Waals surface area contributed by atoms with Crippen LogP contribution >= 0.6 is 11.3 Å². The largest absolute Gasteiger partial charge is 0.494 e. The third-order valence-electron chi connectivity index (χ3n) is 8.02. The minimum absolute atomic E-state index is 0.187. The van der Waals surface area contributed by atoms with Crippen LogP contribution in [0.5, 0.6) is 23.0 Å². The lowest BCUT2D eigenvalue weighted by Crippen LogP contribution is -2.11. The topological polar surface area (TPSA) is 148 Å². The van der Waals surface area contributed by atoms with E-state index in [0.717, 1.165) is 69.1 Å². The van der Waals surface area contributed by atoms with E-state index in [-0.39, 0.29) is 11.5 Å². The predicted molar refractivity (Wildman–Crippen MR) is 219 cm³/mol. The summed E-state index contributed by atoms with van der Waals surface area (Å²) in [6, 6.07) is 19.8. The highest BCUT2D eigenvalue weighted by Gasteiger charge is 2.15. The molecule has 4 rings (SSSR count). The van der Waals surface area contributed by atoms with Crippen LogP contribution < -0.4 is 18.9 Å². The van der Waals surface area contributed by atoms with E-state index < -0.39 is 23.9 Å². The highest BCUT2D eigenvalue weighted by Crippen LogP contribution is 2.26. The molecule has 13 heteroatoms. The first-order valence-electron chi connectivity index (χ1n) is 18.6. The van der Waals surface area contributed by atoms with Gasteiger partial charge in [-0.15, -0.1) is 0 Å². The number of thiophene rings is 1. The van der Waals surface area contributed by atoms with Crippen LogP contribution in [0, 0.1) is 0 Å². The second-order valence-corrected chi connectivity index (χ2v) is 13.1. The molecule has 0 fully saturated rings. The fourth-order valence-electron chi connectivity index (χ4n) is 4.99. The van der Waals surface area contributed by atoms with Crippen molar-refractivity contribution >= 4 is 47.6 Å². The summed E-state index contributed by atoms with van der Waals surface area (Å²) >= 11 is 1.53. The minimum atomic E-state index is -0.603. The Morgan fingerprint density at radius 2 is 1.05 bits per heavy atom. The zero-order valence-electron chi connectivity index (χ0n) is 31.7. The van der Waals surface area contributed by atoms with Crippen molar-refractivity contribution in [3.63, 3.8) is 0 Å². The Hall–Kier alpha value is -6.34. The first-order chi connectivity index (χ1) is 27.8. The Morgan fingerprint density at radius 1 is 0.561 bits per heavy atom. The van der Waals surface area contributed by atoms with Crippen LogP contribution in [-0.2, 0) is 19.1 Å². The van der Waals surface area contributed by atoms with E-state index in [9.17, 15) is 19.2 Å². The smallest absolute Gasteiger partial charge is 0.343 e. The molecule has 0 spiro atoms. The van der Waals surface area contributed by atoms with Crippen molar-refractivity contribution in [1.82, 2.24) is 0 Å². The number of hydrogen-bond acceptors (Lipinski definition) is 13. The monoisotopic (exact) mass is 794 g/mol. The lowest BCUT2D eigenvalue weighted by molar-refractivity contribution is -0.138. The van der Waals surface area contributed by atoms with Gasteiger partial charge < -0.3 is 28.4 Å². The fourth-order valence-corrected chi connectivity index (χ4v) is 5.60. The molecule has 1 aromatic heterocycles. The van der Waals surface area contributed by atoms with Gasteiger partial charge in [0.25, 0.3) is 0 Å². The average molecular weight is 795 g/mol. The second kappa shape index (κ2) is 24.9. The Bertz CT molecular complexity index is 1960. The number of carbonyl (C=O) groups excluding carboxylic acids is 4. The molecule has 0 aliphatic rings. The third-order valence-corrected chi connectivity index (χ3v) is 8.73. The van der Waals surface area contributed by atoms with E-state index in [0.29, 0.717) is 54.6 Å². The molecule has 0 N–H and O–H groups in total. The van der Waals surface area contributed by atoms with Gasteiger partial charge in [0.2, 0.25) is 0 Å². The van der Waals surface area contributed by atoms with Crippen LogP contribution in [0.4, 0.5) is 0 Å². The molecule has 0 saturated carbocycles. The van der Waals surface area contributed by atoms with Crippen LogP contribution in [0.3, 0.4) is 0 Å². The molecule has 0 bridgehead atoms. The van der Waals surface area contributed by atoms with Gasteiger partial charge in [-0.2, -0.15) is 21.5 Å². The summed E-state index contributed by atoms with van der Waals surface area (Å²) in [7, 11) is 0. The van der Waals surface area contributed by atoms with Crippen LogP contribution in [-0.4, -0.2) is 62.7 Å². The number of hydrogen-bond donors (Lipinski definition) is 0. The number of nitrogens with zero attached hydrogens (tertiary/aromatic N) is 2. The van der Waals surface area contributed by atoms with Crippen LogP contribution in [0.25, 0.3) is 0 Å². The van der Waals surface area contributed by atoms with Crippen molar-refractivity contribution in [3.8, 4) is 23.0 Å². The third kappa shape index (κ3) is 16.5. The maximum absolute atomic E-state index is 13.2.